The first kappa shape index (κ1) is 19.4. The third-order valence-corrected chi connectivity index (χ3v) is 4.28. The van der Waals surface area contributed by atoms with Gasteiger partial charge in [0, 0.05) is 12.1 Å². The SMILES string of the molecule is CC(C)(CN)NC(=O)CNS(=O)(=O)c1cccc(C(F)(F)F)c1. The topological polar surface area (TPSA) is 101 Å². The third-order valence-electron chi connectivity index (χ3n) is 2.88. The number of hydrogen-bond donors (Lipinski definition) is 3. The van der Waals surface area contributed by atoms with Crippen molar-refractivity contribution in [3.63, 3.8) is 0 Å². The summed E-state index contributed by atoms with van der Waals surface area (Å²) in [6.45, 7) is 2.82. The second-order valence-electron chi connectivity index (χ2n) is 5.49. The van der Waals surface area contributed by atoms with Gasteiger partial charge in [-0.25, -0.2) is 13.1 Å². The molecule has 0 aliphatic heterocycles. The van der Waals surface area contributed by atoms with Gasteiger partial charge in [-0.2, -0.15) is 13.2 Å². The summed E-state index contributed by atoms with van der Waals surface area (Å²) in [5.74, 6) is -0.643. The Kier molecular flexibility index (Phi) is 5.78. The van der Waals surface area contributed by atoms with Crippen LogP contribution in [-0.4, -0.2) is 33.0 Å². The van der Waals surface area contributed by atoms with Crippen LogP contribution in [0.15, 0.2) is 29.2 Å². The van der Waals surface area contributed by atoms with Crippen molar-refractivity contribution in [3.8, 4) is 0 Å². The lowest BCUT2D eigenvalue weighted by atomic mass is 10.1. The highest BCUT2D eigenvalue weighted by Gasteiger charge is 2.31. The first-order valence-electron chi connectivity index (χ1n) is 6.55. The smallest absolute Gasteiger partial charge is 0.349 e. The van der Waals surface area contributed by atoms with Crippen LogP contribution in [0.1, 0.15) is 19.4 Å². The molecule has 0 heterocycles. The van der Waals surface area contributed by atoms with Crippen LogP contribution in [0.5, 0.6) is 0 Å². The zero-order valence-corrected chi connectivity index (χ0v) is 13.4. The van der Waals surface area contributed by atoms with Gasteiger partial charge in [0.2, 0.25) is 15.9 Å². The number of nitrogens with one attached hydrogen (secondary N) is 2. The Bertz CT molecular complexity index is 673. The number of sulfonamides is 1. The lowest BCUT2D eigenvalue weighted by Gasteiger charge is -2.24. The largest absolute Gasteiger partial charge is 0.416 e. The van der Waals surface area contributed by atoms with E-state index in [9.17, 15) is 26.4 Å². The molecule has 1 rings (SSSR count). The Hall–Kier alpha value is -1.65. The summed E-state index contributed by atoms with van der Waals surface area (Å²) in [5, 5.41) is 2.49. The van der Waals surface area contributed by atoms with E-state index in [0.717, 1.165) is 18.2 Å². The van der Waals surface area contributed by atoms with Crippen LogP contribution in [0.3, 0.4) is 0 Å². The van der Waals surface area contributed by atoms with Crippen molar-refractivity contribution in [2.24, 2.45) is 5.73 Å². The summed E-state index contributed by atoms with van der Waals surface area (Å²) >= 11 is 0. The minimum Gasteiger partial charge on any atom is -0.349 e. The van der Waals surface area contributed by atoms with Gasteiger partial charge in [-0.3, -0.25) is 4.79 Å². The maximum Gasteiger partial charge on any atom is 0.416 e. The van der Waals surface area contributed by atoms with Gasteiger partial charge >= 0.3 is 6.18 Å². The van der Waals surface area contributed by atoms with E-state index >= 15 is 0 Å². The molecule has 0 radical (unpaired) electrons. The summed E-state index contributed by atoms with van der Waals surface area (Å²) in [4.78, 5) is 11.1. The lowest BCUT2D eigenvalue weighted by Crippen LogP contribution is -2.51. The van der Waals surface area contributed by atoms with Crippen molar-refractivity contribution in [3.05, 3.63) is 29.8 Å². The maximum atomic E-state index is 12.6. The minimum absolute atomic E-state index is 0.138. The van der Waals surface area contributed by atoms with Crippen molar-refractivity contribution in [1.29, 1.82) is 0 Å². The maximum absolute atomic E-state index is 12.6. The molecule has 1 aromatic carbocycles. The van der Waals surface area contributed by atoms with Crippen molar-refractivity contribution in [1.82, 2.24) is 10.0 Å². The monoisotopic (exact) mass is 353 g/mol. The zero-order chi connectivity index (χ0) is 17.9. The lowest BCUT2D eigenvalue weighted by molar-refractivity contribution is -0.137. The second-order valence-corrected chi connectivity index (χ2v) is 7.25. The van der Waals surface area contributed by atoms with Crippen LogP contribution in [0.25, 0.3) is 0 Å². The van der Waals surface area contributed by atoms with Crippen molar-refractivity contribution >= 4 is 15.9 Å². The average molecular weight is 353 g/mol. The fourth-order valence-electron chi connectivity index (χ4n) is 1.56. The predicted molar refractivity (Wildman–Crippen MR) is 77.9 cm³/mol. The van der Waals surface area contributed by atoms with Crippen molar-refractivity contribution in [2.75, 3.05) is 13.1 Å². The summed E-state index contributed by atoms with van der Waals surface area (Å²) in [7, 11) is -4.24. The number of nitrogens with two attached hydrogens (primary N) is 1. The standard InChI is InChI=1S/C13H18F3N3O3S/c1-12(2,8-17)19-11(20)7-18-23(21,22)10-5-3-4-9(6-10)13(14,15)16/h3-6,18H,7-8,17H2,1-2H3,(H,19,20). The van der Waals surface area contributed by atoms with Crippen LogP contribution in [0, 0.1) is 0 Å². The van der Waals surface area contributed by atoms with Gasteiger partial charge in [0.25, 0.3) is 0 Å². The predicted octanol–water partition coefficient (Wildman–Crippen LogP) is 0.837. The minimum atomic E-state index is -4.66. The van der Waals surface area contributed by atoms with E-state index in [1.807, 2.05) is 4.72 Å². The summed E-state index contributed by atoms with van der Waals surface area (Å²) in [6, 6.07) is 3.26. The molecule has 23 heavy (non-hydrogen) atoms. The van der Waals surface area contributed by atoms with Gasteiger partial charge in [0.1, 0.15) is 0 Å². The van der Waals surface area contributed by atoms with E-state index in [4.69, 9.17) is 5.73 Å². The van der Waals surface area contributed by atoms with E-state index in [2.05, 4.69) is 5.32 Å². The molecule has 130 valence electrons. The average Bonchev–Trinajstić information content (AvgIpc) is 2.44. The third kappa shape index (κ3) is 5.81. The molecule has 10 heteroatoms. The zero-order valence-electron chi connectivity index (χ0n) is 12.6. The summed E-state index contributed by atoms with van der Waals surface area (Å²) in [5.41, 5.74) is 3.61. The van der Waals surface area contributed by atoms with Gasteiger partial charge < -0.3 is 11.1 Å². The number of alkyl halides is 3. The number of halogens is 3. The normalized spacial score (nSPS) is 13.0. The molecule has 0 saturated heterocycles. The summed E-state index contributed by atoms with van der Waals surface area (Å²) in [6.07, 6.45) is -4.66. The molecule has 0 aromatic heterocycles. The molecule has 4 N–H and O–H groups in total. The Morgan fingerprint density at radius 3 is 2.39 bits per heavy atom. The van der Waals surface area contributed by atoms with Gasteiger partial charge in [-0.1, -0.05) is 6.07 Å². The molecular formula is C13H18F3N3O3S. The van der Waals surface area contributed by atoms with E-state index < -0.39 is 44.6 Å². The van der Waals surface area contributed by atoms with Crippen molar-refractivity contribution in [2.45, 2.75) is 30.5 Å². The highest BCUT2D eigenvalue weighted by Crippen LogP contribution is 2.30. The second kappa shape index (κ2) is 6.85. The first-order valence-corrected chi connectivity index (χ1v) is 8.04. The van der Waals surface area contributed by atoms with Crippen LogP contribution in [-0.2, 0) is 21.0 Å². The van der Waals surface area contributed by atoms with E-state index in [1.54, 1.807) is 13.8 Å². The number of benzene rings is 1. The van der Waals surface area contributed by atoms with Crippen LogP contribution < -0.4 is 15.8 Å². The molecule has 0 aliphatic carbocycles. The Balaban J connectivity index is 2.83. The number of rotatable bonds is 6. The molecule has 1 aromatic rings. The van der Waals surface area contributed by atoms with Crippen LogP contribution >= 0.6 is 0 Å². The number of carbonyl (C=O) groups excluding carboxylic acids is 1. The Labute approximate surface area is 132 Å². The first-order chi connectivity index (χ1) is 10.4. The fourth-order valence-corrected chi connectivity index (χ4v) is 2.58. The van der Waals surface area contributed by atoms with Gasteiger partial charge in [-0.05, 0) is 32.0 Å². The van der Waals surface area contributed by atoms with E-state index in [0.29, 0.717) is 6.07 Å². The van der Waals surface area contributed by atoms with Gasteiger partial charge in [0.05, 0.1) is 17.0 Å². The Morgan fingerprint density at radius 1 is 1.26 bits per heavy atom. The highest BCUT2D eigenvalue weighted by atomic mass is 32.2. The molecule has 0 spiro atoms. The molecule has 0 unspecified atom stereocenters. The quantitative estimate of drug-likeness (QED) is 0.705. The number of amides is 1. The molecule has 0 saturated carbocycles. The summed E-state index contributed by atoms with van der Waals surface area (Å²) < 4.78 is 63.7. The molecular weight excluding hydrogens is 335 g/mol. The molecule has 0 fully saturated rings. The molecule has 0 atom stereocenters. The number of carbonyl (C=O) groups is 1. The van der Waals surface area contributed by atoms with Gasteiger partial charge in [0.15, 0.2) is 0 Å². The van der Waals surface area contributed by atoms with Gasteiger partial charge in [-0.15, -0.1) is 0 Å². The number of hydrogen-bond acceptors (Lipinski definition) is 4. The molecule has 1 amide bonds. The van der Waals surface area contributed by atoms with E-state index in [1.165, 1.54) is 0 Å². The highest BCUT2D eigenvalue weighted by molar-refractivity contribution is 7.89. The molecule has 0 aliphatic rings. The Morgan fingerprint density at radius 2 is 1.87 bits per heavy atom. The van der Waals surface area contributed by atoms with Crippen LogP contribution in [0.4, 0.5) is 13.2 Å². The molecule has 6 nitrogen and oxygen atoms in total. The molecule has 0 bridgehead atoms. The van der Waals surface area contributed by atoms with E-state index in [-0.39, 0.29) is 6.54 Å². The fraction of sp³-hybridized carbons (Fsp3) is 0.462. The van der Waals surface area contributed by atoms with Crippen molar-refractivity contribution < 1.29 is 26.4 Å². The van der Waals surface area contributed by atoms with Crippen LogP contribution in [0.2, 0.25) is 0 Å².